The minimum absolute atomic E-state index is 0.0686. The molecule has 0 saturated carbocycles. The van der Waals surface area contributed by atoms with E-state index < -0.39 is 36.3 Å². The van der Waals surface area contributed by atoms with Gasteiger partial charge in [-0.15, -0.1) is 0 Å². The van der Waals surface area contributed by atoms with Crippen molar-refractivity contribution in [2.45, 2.75) is 45.1 Å². The Balaban J connectivity index is 4.84. The third kappa shape index (κ3) is 17.4. The molecule has 0 fully saturated rings. The molecule has 34 heavy (non-hydrogen) atoms. The Kier molecular flexibility index (Phi) is 18.1. The van der Waals surface area contributed by atoms with Crippen LogP contribution in [0.3, 0.4) is 0 Å². The van der Waals surface area contributed by atoms with Gasteiger partial charge in [0.2, 0.25) is 17.8 Å². The predicted molar refractivity (Wildman–Crippen MR) is 124 cm³/mol. The van der Waals surface area contributed by atoms with Gasteiger partial charge >= 0.3 is 7.12 Å². The van der Waals surface area contributed by atoms with E-state index in [4.69, 9.17) is 19.9 Å². The van der Waals surface area contributed by atoms with Gasteiger partial charge in [0.25, 0.3) is 0 Å². The fourth-order valence-corrected chi connectivity index (χ4v) is 2.72. The molecular formula is C18H38BN6O9-. The van der Waals surface area contributed by atoms with E-state index in [2.05, 4.69) is 15.6 Å². The third-order valence-electron chi connectivity index (χ3n) is 4.26. The number of quaternary nitrogens is 1. The molecule has 198 valence electrons. The molecule has 16 heteroatoms. The van der Waals surface area contributed by atoms with Gasteiger partial charge in [0.1, 0.15) is 12.6 Å². The highest BCUT2D eigenvalue weighted by molar-refractivity contribution is 6.43. The van der Waals surface area contributed by atoms with Crippen molar-refractivity contribution in [2.24, 2.45) is 16.6 Å². The van der Waals surface area contributed by atoms with Crippen molar-refractivity contribution in [1.82, 2.24) is 16.1 Å². The smallest absolute Gasteiger partial charge is 0.475 e. The van der Waals surface area contributed by atoms with E-state index in [9.17, 15) is 30.1 Å². The van der Waals surface area contributed by atoms with Crippen LogP contribution in [0.25, 0.3) is 0 Å². The Labute approximate surface area is 199 Å². The molecule has 2 atom stereocenters. The van der Waals surface area contributed by atoms with E-state index in [-0.39, 0.29) is 51.1 Å². The number of aliphatic imine (C=N–C) groups is 1. The molecule has 0 unspecified atom stereocenters. The summed E-state index contributed by atoms with van der Waals surface area (Å²) in [7, 11) is -0.223. The normalized spacial score (nSPS) is 13.6. The van der Waals surface area contributed by atoms with Crippen LogP contribution in [-0.4, -0.2) is 93.6 Å². The van der Waals surface area contributed by atoms with Crippen molar-refractivity contribution < 1.29 is 39.2 Å². The number of amides is 2. The number of hydrogen-bond donors (Lipinski definition) is 7. The van der Waals surface area contributed by atoms with Crippen LogP contribution in [-0.2, 0) is 23.8 Å². The highest BCUT2D eigenvalue weighted by atomic mass is 16.8. The number of carbonyl (C=O) groups excluding carboxylic acids is 2. The lowest BCUT2D eigenvalue weighted by molar-refractivity contribution is -0.831. The quantitative estimate of drug-likeness (QED) is 0.0303. The van der Waals surface area contributed by atoms with E-state index >= 15 is 0 Å². The van der Waals surface area contributed by atoms with Crippen molar-refractivity contribution in [3.63, 3.8) is 0 Å². The second kappa shape index (κ2) is 19.3. The number of carbonyl (C=O) groups is 2. The van der Waals surface area contributed by atoms with Gasteiger partial charge in [0, 0.05) is 13.7 Å². The predicted octanol–water partition coefficient (Wildman–Crippen LogP) is -3.83. The molecule has 0 aliphatic rings. The number of methoxy groups -OCH3 is 1. The molecule has 0 aromatic heterocycles. The van der Waals surface area contributed by atoms with Crippen LogP contribution in [0.5, 0.6) is 0 Å². The van der Waals surface area contributed by atoms with E-state index in [0.717, 1.165) is 0 Å². The van der Waals surface area contributed by atoms with Crippen LogP contribution in [0.15, 0.2) is 4.99 Å². The Hall–Kier alpha value is -2.05. The first-order chi connectivity index (χ1) is 16.1. The second-order valence-electron chi connectivity index (χ2n) is 7.76. The van der Waals surface area contributed by atoms with Crippen LogP contribution in [0.4, 0.5) is 0 Å². The first kappa shape index (κ1) is 32.0. The van der Waals surface area contributed by atoms with Crippen molar-refractivity contribution in [3.8, 4) is 0 Å². The number of rotatable bonds is 19. The Morgan fingerprint density at radius 1 is 1.12 bits per heavy atom. The average molecular weight is 493 g/mol. The minimum atomic E-state index is -1.77. The summed E-state index contributed by atoms with van der Waals surface area (Å²) in [6.45, 7) is 4.76. The SMILES string of the molecule is COCCOCCOCC(=O)N[C@@H](CCCN=C(N)N[NH+]([O-])[O-])C(=O)N[C@@H](CC(C)C)B(O)O. The van der Waals surface area contributed by atoms with Crippen LogP contribution >= 0.6 is 0 Å². The van der Waals surface area contributed by atoms with E-state index in [0.29, 0.717) is 19.6 Å². The summed E-state index contributed by atoms with van der Waals surface area (Å²) in [4.78, 5) is 28.8. The fourth-order valence-electron chi connectivity index (χ4n) is 2.72. The zero-order valence-electron chi connectivity index (χ0n) is 20.0. The zero-order valence-corrected chi connectivity index (χ0v) is 20.0. The number of guanidine groups is 1. The van der Waals surface area contributed by atoms with Gasteiger partial charge in [-0.05, 0) is 25.2 Å². The standard InChI is InChI=1S/C18H38BN6O9/c1-13(2)11-15(19(28)29)23-17(27)14(5-4-6-21-18(20)24-25(30)31)22-16(26)12-34-10-9-33-8-7-32-3/h13-15,25,28-29H,4-12H2,1-3H3,(H,22,26)(H,23,27)(H3,20,21,24)/q-1/t14-,15-/m0/s1. The molecule has 15 nitrogen and oxygen atoms in total. The first-order valence-electron chi connectivity index (χ1n) is 10.9. The molecule has 0 aliphatic heterocycles. The van der Waals surface area contributed by atoms with Crippen LogP contribution in [0.1, 0.15) is 33.1 Å². The maximum Gasteiger partial charge on any atom is 0.475 e. The van der Waals surface area contributed by atoms with Gasteiger partial charge in [-0.1, -0.05) is 13.8 Å². The third-order valence-corrected chi connectivity index (χ3v) is 4.26. The summed E-state index contributed by atoms with van der Waals surface area (Å²) in [5.74, 6) is -2.36. The van der Waals surface area contributed by atoms with Gasteiger partial charge in [-0.2, -0.15) is 0 Å². The van der Waals surface area contributed by atoms with Crippen LogP contribution < -0.4 is 27.1 Å². The molecular weight excluding hydrogens is 455 g/mol. The monoisotopic (exact) mass is 493 g/mol. The Morgan fingerprint density at radius 3 is 2.35 bits per heavy atom. The molecule has 0 bridgehead atoms. The summed E-state index contributed by atoms with van der Waals surface area (Å²) in [5, 5.41) is 43.4. The van der Waals surface area contributed by atoms with Gasteiger partial charge in [0.05, 0.1) is 32.4 Å². The van der Waals surface area contributed by atoms with Gasteiger partial charge in [-0.25, -0.2) is 10.4 Å². The summed E-state index contributed by atoms with van der Waals surface area (Å²) in [5.41, 5.74) is 7.15. The Morgan fingerprint density at radius 2 is 1.76 bits per heavy atom. The molecule has 0 aromatic rings. The van der Waals surface area contributed by atoms with E-state index in [1.54, 1.807) is 12.5 Å². The average Bonchev–Trinajstić information content (AvgIpc) is 2.73. The number of hydrogen-bond acceptors (Lipinski definition) is 10. The molecule has 0 heterocycles. The fraction of sp³-hybridized carbons (Fsp3) is 0.833. The lowest BCUT2D eigenvalue weighted by atomic mass is 9.75. The van der Waals surface area contributed by atoms with Crippen molar-refractivity contribution in [2.75, 3.05) is 46.7 Å². The number of nitrogens with two attached hydrogens (primary N) is 1. The molecule has 0 rings (SSSR count). The Bertz CT molecular complexity index is 598. The summed E-state index contributed by atoms with van der Waals surface area (Å²) in [6, 6.07) is -1.02. The summed E-state index contributed by atoms with van der Waals surface area (Å²) >= 11 is 0. The van der Waals surface area contributed by atoms with Crippen molar-refractivity contribution in [1.29, 1.82) is 0 Å². The number of nitrogens with zero attached hydrogens (tertiary/aromatic N) is 1. The summed E-state index contributed by atoms with van der Waals surface area (Å²) < 4.78 is 15.3. The maximum absolute atomic E-state index is 12.7. The highest BCUT2D eigenvalue weighted by Crippen LogP contribution is 2.07. The van der Waals surface area contributed by atoms with Crippen LogP contribution in [0, 0.1) is 16.3 Å². The lowest BCUT2D eigenvalue weighted by Gasteiger charge is -2.25. The summed E-state index contributed by atoms with van der Waals surface area (Å²) in [6.07, 6.45) is 0.695. The number of ether oxygens (including phenoxy) is 3. The van der Waals surface area contributed by atoms with Gasteiger partial charge in [0.15, 0.2) is 0 Å². The molecule has 0 aliphatic carbocycles. The maximum atomic E-state index is 12.7. The van der Waals surface area contributed by atoms with Crippen molar-refractivity contribution >= 4 is 24.9 Å². The molecule has 0 aromatic carbocycles. The van der Waals surface area contributed by atoms with E-state index in [1.165, 1.54) is 0 Å². The molecule has 0 radical (unpaired) electrons. The largest absolute Gasteiger partial charge is 0.607 e. The van der Waals surface area contributed by atoms with Gasteiger partial charge < -0.3 is 56.4 Å². The zero-order chi connectivity index (χ0) is 25.9. The van der Waals surface area contributed by atoms with E-state index in [1.807, 2.05) is 13.8 Å². The van der Waals surface area contributed by atoms with Crippen molar-refractivity contribution in [3.05, 3.63) is 10.4 Å². The second-order valence-corrected chi connectivity index (χ2v) is 7.76. The number of nitrogens with one attached hydrogen (secondary N) is 4. The highest BCUT2D eigenvalue weighted by Gasteiger charge is 2.29. The molecule has 8 N–H and O–H groups in total. The van der Waals surface area contributed by atoms with Gasteiger partial charge in [-0.3, -0.25) is 9.59 Å². The molecule has 0 spiro atoms. The topological polar surface area (TPSA) is 227 Å². The molecule has 0 saturated heterocycles. The van der Waals surface area contributed by atoms with Crippen LogP contribution in [0.2, 0.25) is 0 Å². The molecule has 2 amide bonds. The minimum Gasteiger partial charge on any atom is -0.607 e. The lowest BCUT2D eigenvalue weighted by Crippen LogP contribution is -3.10. The first-order valence-corrected chi connectivity index (χ1v) is 10.9.